The maximum atomic E-state index is 13.3. The van der Waals surface area contributed by atoms with E-state index in [0.29, 0.717) is 16.2 Å². The second-order valence-electron chi connectivity index (χ2n) is 7.22. The van der Waals surface area contributed by atoms with Crippen LogP contribution in [0.2, 0.25) is 0 Å². The van der Waals surface area contributed by atoms with Gasteiger partial charge in [-0.15, -0.1) is 3.97 Å². The van der Waals surface area contributed by atoms with Gasteiger partial charge in [0.1, 0.15) is 4.90 Å². The summed E-state index contributed by atoms with van der Waals surface area (Å²) in [5.41, 5.74) is 1.27. The van der Waals surface area contributed by atoms with Gasteiger partial charge in [0.2, 0.25) is 5.91 Å². The molecule has 1 aliphatic carbocycles. The molecule has 0 atom stereocenters. The number of para-hydroxylation sites is 2. The smallest absolute Gasteiger partial charge is 0.336 e. The predicted molar refractivity (Wildman–Crippen MR) is 113 cm³/mol. The number of H-pyrrole nitrogens is 1. The first-order chi connectivity index (χ1) is 14.1. The van der Waals surface area contributed by atoms with E-state index in [4.69, 9.17) is 0 Å². The van der Waals surface area contributed by atoms with Gasteiger partial charge in [-0.3, -0.25) is 4.79 Å². The first kappa shape index (κ1) is 20.0. The monoisotopic (exact) mass is 430 g/mol. The maximum absolute atomic E-state index is 13.3. The van der Waals surface area contributed by atoms with Crippen molar-refractivity contribution in [1.82, 2.24) is 10.3 Å². The molecular weight excluding hydrogens is 406 g/mol. The molecule has 3 aromatic rings. The molecule has 4 rings (SSSR count). The lowest BCUT2D eigenvalue weighted by molar-refractivity contribution is -0.526. The minimum atomic E-state index is -3.80. The van der Waals surface area contributed by atoms with E-state index in [1.54, 1.807) is 42.5 Å². The van der Waals surface area contributed by atoms with E-state index in [1.165, 1.54) is 22.2 Å². The Morgan fingerprint density at radius 3 is 2.48 bits per heavy atom. The number of imidazole rings is 1. The Hall–Kier alpha value is -2.32. The third-order valence-corrected chi connectivity index (χ3v) is 7.95. The van der Waals surface area contributed by atoms with Crippen molar-refractivity contribution >= 4 is 38.7 Å². The van der Waals surface area contributed by atoms with E-state index in [9.17, 15) is 13.2 Å². The van der Waals surface area contributed by atoms with Crippen molar-refractivity contribution in [3.63, 3.8) is 0 Å². The number of carbonyl (C=O) groups excluding carboxylic acids is 1. The lowest BCUT2D eigenvalue weighted by Crippen LogP contribution is -2.44. The third kappa shape index (κ3) is 4.33. The highest BCUT2D eigenvalue weighted by molar-refractivity contribution is 8.00. The van der Waals surface area contributed by atoms with Crippen molar-refractivity contribution in [2.45, 2.75) is 48.2 Å². The van der Waals surface area contributed by atoms with Gasteiger partial charge in [-0.2, -0.15) is 8.42 Å². The highest BCUT2D eigenvalue weighted by Crippen LogP contribution is 2.22. The maximum Gasteiger partial charge on any atom is 0.336 e. The number of thioether (sulfide) groups is 1. The topological polar surface area (TPSA) is 82.9 Å². The molecule has 2 aromatic carbocycles. The predicted octanol–water partition coefficient (Wildman–Crippen LogP) is 3.23. The van der Waals surface area contributed by atoms with Crippen LogP contribution in [-0.4, -0.2) is 31.1 Å². The second-order valence-corrected chi connectivity index (χ2v) is 9.97. The van der Waals surface area contributed by atoms with Crippen molar-refractivity contribution < 1.29 is 17.2 Å². The van der Waals surface area contributed by atoms with Crippen molar-refractivity contribution in [1.29, 1.82) is 0 Å². The fourth-order valence-electron chi connectivity index (χ4n) is 3.71. The van der Waals surface area contributed by atoms with Crippen LogP contribution in [0.15, 0.2) is 64.6 Å². The second kappa shape index (κ2) is 8.59. The molecule has 0 saturated heterocycles. The Morgan fingerprint density at radius 2 is 1.72 bits per heavy atom. The molecule has 0 bridgehead atoms. The molecule has 152 valence electrons. The van der Waals surface area contributed by atoms with Crippen LogP contribution in [0.4, 0.5) is 0 Å². The molecular formula is C21H24N3O3S2+. The number of rotatable bonds is 6. The molecule has 1 heterocycles. The van der Waals surface area contributed by atoms with E-state index in [0.717, 1.165) is 25.7 Å². The van der Waals surface area contributed by atoms with Crippen LogP contribution in [0.1, 0.15) is 32.1 Å². The van der Waals surface area contributed by atoms with Crippen LogP contribution in [0.25, 0.3) is 11.0 Å². The number of nitrogens with one attached hydrogen (secondary N) is 2. The summed E-state index contributed by atoms with van der Waals surface area (Å²) in [5, 5.41) is 3.51. The molecule has 1 aromatic heterocycles. The van der Waals surface area contributed by atoms with E-state index >= 15 is 0 Å². The number of amides is 1. The number of hydrogen-bond donors (Lipinski definition) is 2. The minimum absolute atomic E-state index is 0.0655. The summed E-state index contributed by atoms with van der Waals surface area (Å²) in [7, 11) is -3.80. The molecule has 2 N–H and O–H groups in total. The lowest BCUT2D eigenvalue weighted by Gasteiger charge is -2.22. The van der Waals surface area contributed by atoms with Gasteiger partial charge in [0.05, 0.1) is 5.75 Å². The average molecular weight is 431 g/mol. The summed E-state index contributed by atoms with van der Waals surface area (Å²) in [6, 6.07) is 15.8. The van der Waals surface area contributed by atoms with Crippen LogP contribution >= 0.6 is 11.8 Å². The summed E-state index contributed by atoms with van der Waals surface area (Å²) in [6.45, 7) is 0. The number of fused-ring (bicyclic) bond motifs is 1. The SMILES string of the molecule is O=C(CSc1[nH]c2ccccc2[n+]1S(=O)(=O)c1ccccc1)NC1CCCCC1. The summed E-state index contributed by atoms with van der Waals surface area (Å²) in [5.74, 6) is 0.0948. The van der Waals surface area contributed by atoms with Crippen LogP contribution in [0.3, 0.4) is 0 Å². The van der Waals surface area contributed by atoms with E-state index < -0.39 is 10.0 Å². The van der Waals surface area contributed by atoms with Gasteiger partial charge >= 0.3 is 15.2 Å². The fraction of sp³-hybridized carbons (Fsp3) is 0.333. The van der Waals surface area contributed by atoms with Crippen molar-refractivity contribution in [2.75, 3.05) is 5.75 Å². The van der Waals surface area contributed by atoms with Crippen LogP contribution < -0.4 is 9.29 Å². The van der Waals surface area contributed by atoms with E-state index in [2.05, 4.69) is 10.3 Å². The molecule has 1 aliphatic rings. The Kier molecular flexibility index (Phi) is 5.91. The zero-order valence-electron chi connectivity index (χ0n) is 16.0. The first-order valence-electron chi connectivity index (χ1n) is 9.81. The standard InChI is InChI=1S/C21H23N3O3S2/c25-20(22-16-9-3-1-4-10-16)15-28-21-23-18-13-7-8-14-19(18)24(21)29(26,27)17-11-5-2-6-12-17/h2,5-8,11-14,16H,1,3-4,9-10,15H2,(H,22,25)/p+1. The van der Waals surface area contributed by atoms with Gasteiger partial charge in [-0.1, -0.05) is 49.6 Å². The van der Waals surface area contributed by atoms with Gasteiger partial charge in [0, 0.05) is 6.04 Å². The Labute approximate surface area is 174 Å². The fourth-order valence-corrected chi connectivity index (χ4v) is 6.31. The van der Waals surface area contributed by atoms with E-state index in [1.807, 2.05) is 12.1 Å². The molecule has 6 nitrogen and oxygen atoms in total. The summed E-state index contributed by atoms with van der Waals surface area (Å²) in [6.07, 6.45) is 5.56. The molecule has 0 unspecified atom stereocenters. The zero-order chi connectivity index (χ0) is 20.3. The molecule has 1 saturated carbocycles. The largest absolute Gasteiger partial charge is 0.353 e. The molecule has 1 fully saturated rings. The lowest BCUT2D eigenvalue weighted by atomic mass is 9.95. The minimum Gasteiger partial charge on any atom is -0.353 e. The number of hydrogen-bond acceptors (Lipinski definition) is 4. The normalized spacial score (nSPS) is 15.4. The van der Waals surface area contributed by atoms with Crippen LogP contribution in [0.5, 0.6) is 0 Å². The van der Waals surface area contributed by atoms with Gasteiger partial charge in [0.25, 0.3) is 0 Å². The number of nitrogens with zero attached hydrogens (tertiary/aromatic N) is 1. The Morgan fingerprint density at radius 1 is 1.03 bits per heavy atom. The third-order valence-electron chi connectivity index (χ3n) is 5.14. The Bertz CT molecular complexity index is 1100. The number of benzene rings is 2. The van der Waals surface area contributed by atoms with Gasteiger partial charge in [-0.25, -0.2) is 4.98 Å². The van der Waals surface area contributed by atoms with Crippen LogP contribution in [0, 0.1) is 0 Å². The highest BCUT2D eigenvalue weighted by atomic mass is 32.2. The highest BCUT2D eigenvalue weighted by Gasteiger charge is 2.32. The summed E-state index contributed by atoms with van der Waals surface area (Å²) < 4.78 is 27.9. The molecule has 29 heavy (non-hydrogen) atoms. The van der Waals surface area contributed by atoms with Crippen molar-refractivity contribution in [2.24, 2.45) is 0 Å². The molecule has 0 radical (unpaired) electrons. The summed E-state index contributed by atoms with van der Waals surface area (Å²) in [4.78, 5) is 15.8. The first-order valence-corrected chi connectivity index (χ1v) is 12.2. The number of aromatic amines is 1. The van der Waals surface area contributed by atoms with Crippen molar-refractivity contribution in [3.05, 3.63) is 54.6 Å². The molecule has 1 amide bonds. The molecule has 8 heteroatoms. The van der Waals surface area contributed by atoms with Gasteiger partial charge in [0.15, 0.2) is 11.0 Å². The molecule has 0 spiro atoms. The van der Waals surface area contributed by atoms with E-state index in [-0.39, 0.29) is 22.6 Å². The van der Waals surface area contributed by atoms with Gasteiger partial charge in [-0.05, 0) is 48.9 Å². The quantitative estimate of drug-likeness (QED) is 0.465. The van der Waals surface area contributed by atoms with Crippen molar-refractivity contribution in [3.8, 4) is 0 Å². The van der Waals surface area contributed by atoms with Crippen LogP contribution in [-0.2, 0) is 14.8 Å². The average Bonchev–Trinajstić information content (AvgIpc) is 3.13. The number of aromatic nitrogens is 2. The summed E-state index contributed by atoms with van der Waals surface area (Å²) >= 11 is 1.21. The zero-order valence-corrected chi connectivity index (χ0v) is 17.6. The molecule has 0 aliphatic heterocycles. The Balaban J connectivity index is 1.61. The number of carbonyl (C=O) groups is 1. The van der Waals surface area contributed by atoms with Gasteiger partial charge < -0.3 is 5.32 Å².